The van der Waals surface area contributed by atoms with Crippen LogP contribution in [0.1, 0.15) is 58.4 Å². The molecule has 4 bridgehead atoms. The monoisotopic (exact) mass is 421 g/mol. The standard InChI is InChI=1S/C22H32BrNO2/c1-4-25-20-11-16(10-19(23)22(20)26-13(2)3)12-24-21-17-6-14-5-15(8-17)9-18(21)7-14/h10-11,13-15,17-18,21,24H,4-9,12H2,1-3H3. The van der Waals surface area contributed by atoms with E-state index in [1.807, 2.05) is 20.8 Å². The molecule has 3 nitrogen and oxygen atoms in total. The number of hydrogen-bond donors (Lipinski definition) is 1. The molecule has 0 amide bonds. The minimum absolute atomic E-state index is 0.127. The average Bonchev–Trinajstić information content (AvgIpc) is 2.56. The van der Waals surface area contributed by atoms with Crippen molar-refractivity contribution in [2.75, 3.05) is 6.61 Å². The van der Waals surface area contributed by atoms with Gasteiger partial charge in [0, 0.05) is 12.6 Å². The van der Waals surface area contributed by atoms with Gasteiger partial charge in [-0.25, -0.2) is 0 Å². The van der Waals surface area contributed by atoms with Crippen LogP contribution in [0.25, 0.3) is 0 Å². The Balaban J connectivity index is 1.46. The molecular weight excluding hydrogens is 390 g/mol. The number of nitrogens with one attached hydrogen (secondary N) is 1. The largest absolute Gasteiger partial charge is 0.490 e. The second-order valence-electron chi connectivity index (χ2n) is 8.84. The van der Waals surface area contributed by atoms with Crippen LogP contribution in [0.5, 0.6) is 11.5 Å². The van der Waals surface area contributed by atoms with Crippen molar-refractivity contribution in [2.24, 2.45) is 23.7 Å². The summed E-state index contributed by atoms with van der Waals surface area (Å²) in [5.74, 6) is 5.54. The van der Waals surface area contributed by atoms with E-state index in [0.717, 1.165) is 46.2 Å². The summed E-state index contributed by atoms with van der Waals surface area (Å²) in [6, 6.07) is 5.04. The molecule has 5 rings (SSSR count). The zero-order valence-electron chi connectivity index (χ0n) is 16.3. The third-order valence-corrected chi connectivity index (χ3v) is 7.08. The van der Waals surface area contributed by atoms with Crippen LogP contribution < -0.4 is 14.8 Å². The Kier molecular flexibility index (Phi) is 5.52. The first kappa shape index (κ1) is 18.6. The van der Waals surface area contributed by atoms with E-state index in [-0.39, 0.29) is 6.10 Å². The minimum atomic E-state index is 0.127. The minimum Gasteiger partial charge on any atom is -0.490 e. The molecule has 0 atom stereocenters. The van der Waals surface area contributed by atoms with Gasteiger partial charge in [-0.1, -0.05) is 0 Å². The predicted octanol–water partition coefficient (Wildman–Crippen LogP) is 5.55. The summed E-state index contributed by atoms with van der Waals surface area (Å²) in [5.41, 5.74) is 1.27. The van der Waals surface area contributed by atoms with Gasteiger partial charge in [0.05, 0.1) is 17.2 Å². The number of hydrogen-bond acceptors (Lipinski definition) is 3. The van der Waals surface area contributed by atoms with Gasteiger partial charge in [-0.15, -0.1) is 0 Å². The van der Waals surface area contributed by atoms with E-state index in [9.17, 15) is 0 Å². The Morgan fingerprint density at radius 2 is 1.73 bits per heavy atom. The molecule has 0 aromatic heterocycles. The van der Waals surface area contributed by atoms with Crippen molar-refractivity contribution in [1.82, 2.24) is 5.32 Å². The van der Waals surface area contributed by atoms with Crippen LogP contribution >= 0.6 is 15.9 Å². The van der Waals surface area contributed by atoms with E-state index >= 15 is 0 Å². The van der Waals surface area contributed by atoms with Crippen molar-refractivity contribution in [3.05, 3.63) is 22.2 Å². The van der Waals surface area contributed by atoms with Gasteiger partial charge in [-0.3, -0.25) is 0 Å². The van der Waals surface area contributed by atoms with Crippen LogP contribution in [0.3, 0.4) is 0 Å². The fraction of sp³-hybridized carbons (Fsp3) is 0.727. The van der Waals surface area contributed by atoms with E-state index < -0.39 is 0 Å². The van der Waals surface area contributed by atoms with Crippen LogP contribution in [0.4, 0.5) is 0 Å². The molecule has 0 unspecified atom stereocenters. The predicted molar refractivity (Wildman–Crippen MR) is 109 cm³/mol. The summed E-state index contributed by atoms with van der Waals surface area (Å²) in [6.45, 7) is 7.67. The molecule has 26 heavy (non-hydrogen) atoms. The number of benzene rings is 1. The Morgan fingerprint density at radius 1 is 1.08 bits per heavy atom. The Bertz CT molecular complexity index is 617. The molecule has 4 fully saturated rings. The highest BCUT2D eigenvalue weighted by Crippen LogP contribution is 2.53. The van der Waals surface area contributed by atoms with Gasteiger partial charge >= 0.3 is 0 Å². The highest BCUT2D eigenvalue weighted by Gasteiger charge is 2.47. The molecule has 4 aliphatic carbocycles. The van der Waals surface area contributed by atoms with Gasteiger partial charge in [0.15, 0.2) is 11.5 Å². The third kappa shape index (κ3) is 3.77. The average molecular weight is 422 g/mol. The van der Waals surface area contributed by atoms with E-state index in [1.54, 1.807) is 0 Å². The molecule has 4 saturated carbocycles. The summed E-state index contributed by atoms with van der Waals surface area (Å²) >= 11 is 3.69. The van der Waals surface area contributed by atoms with Crippen LogP contribution in [0.15, 0.2) is 16.6 Å². The number of ether oxygens (including phenoxy) is 2. The van der Waals surface area contributed by atoms with Gasteiger partial charge < -0.3 is 14.8 Å². The number of rotatable bonds is 7. The Hall–Kier alpha value is -0.740. The molecule has 1 aromatic rings. The first-order chi connectivity index (χ1) is 12.5. The second-order valence-corrected chi connectivity index (χ2v) is 9.70. The van der Waals surface area contributed by atoms with E-state index in [4.69, 9.17) is 9.47 Å². The summed E-state index contributed by atoms with van der Waals surface area (Å²) < 4.78 is 12.8. The summed E-state index contributed by atoms with van der Waals surface area (Å²) in [7, 11) is 0. The van der Waals surface area contributed by atoms with Crippen molar-refractivity contribution in [2.45, 2.75) is 71.6 Å². The molecule has 0 spiro atoms. The molecule has 0 saturated heterocycles. The van der Waals surface area contributed by atoms with E-state index in [0.29, 0.717) is 12.6 Å². The quantitative estimate of drug-likeness (QED) is 0.625. The smallest absolute Gasteiger partial charge is 0.175 e. The van der Waals surface area contributed by atoms with Crippen molar-refractivity contribution in [1.29, 1.82) is 0 Å². The first-order valence-electron chi connectivity index (χ1n) is 10.4. The van der Waals surface area contributed by atoms with E-state index in [1.165, 1.54) is 37.7 Å². The highest BCUT2D eigenvalue weighted by atomic mass is 79.9. The fourth-order valence-electron chi connectivity index (χ4n) is 5.83. The Morgan fingerprint density at radius 3 is 2.31 bits per heavy atom. The SMILES string of the molecule is CCOc1cc(CNC2C3CC4CC(C3)CC2C4)cc(Br)c1OC(C)C. The van der Waals surface area contributed by atoms with Gasteiger partial charge in [0.2, 0.25) is 0 Å². The maximum absolute atomic E-state index is 5.96. The molecule has 4 aliphatic rings. The van der Waals surface area contributed by atoms with E-state index in [2.05, 4.69) is 33.4 Å². The van der Waals surface area contributed by atoms with Crippen LogP contribution in [-0.2, 0) is 6.54 Å². The van der Waals surface area contributed by atoms with Crippen LogP contribution in [-0.4, -0.2) is 18.8 Å². The normalized spacial score (nSPS) is 32.3. The lowest BCUT2D eigenvalue weighted by Gasteiger charge is -2.54. The number of halogens is 1. The molecule has 144 valence electrons. The van der Waals surface area contributed by atoms with Gasteiger partial charge in [0.25, 0.3) is 0 Å². The van der Waals surface area contributed by atoms with Gasteiger partial charge in [0.1, 0.15) is 0 Å². The Labute approximate surface area is 166 Å². The molecule has 1 aromatic carbocycles. The molecule has 1 N–H and O–H groups in total. The van der Waals surface area contributed by atoms with Crippen LogP contribution in [0, 0.1) is 23.7 Å². The fourth-order valence-corrected chi connectivity index (χ4v) is 6.41. The van der Waals surface area contributed by atoms with Gasteiger partial charge in [-0.2, -0.15) is 0 Å². The summed E-state index contributed by atoms with van der Waals surface area (Å²) in [6.07, 6.45) is 7.48. The molecule has 0 aliphatic heterocycles. The highest BCUT2D eigenvalue weighted by molar-refractivity contribution is 9.10. The van der Waals surface area contributed by atoms with Crippen molar-refractivity contribution < 1.29 is 9.47 Å². The lowest BCUT2D eigenvalue weighted by molar-refractivity contribution is -0.0142. The lowest BCUT2D eigenvalue weighted by Crippen LogP contribution is -2.54. The second kappa shape index (κ2) is 7.71. The van der Waals surface area contributed by atoms with Crippen molar-refractivity contribution in [3.8, 4) is 11.5 Å². The first-order valence-corrected chi connectivity index (χ1v) is 11.2. The zero-order chi connectivity index (χ0) is 18.3. The molecular formula is C22H32BrNO2. The van der Waals surface area contributed by atoms with Crippen LogP contribution in [0.2, 0.25) is 0 Å². The lowest BCUT2D eigenvalue weighted by atomic mass is 9.54. The summed E-state index contributed by atoms with van der Waals surface area (Å²) in [4.78, 5) is 0. The van der Waals surface area contributed by atoms with Crippen molar-refractivity contribution in [3.63, 3.8) is 0 Å². The molecule has 0 heterocycles. The molecule has 4 heteroatoms. The third-order valence-electron chi connectivity index (χ3n) is 6.49. The maximum Gasteiger partial charge on any atom is 0.175 e. The molecule has 0 radical (unpaired) electrons. The summed E-state index contributed by atoms with van der Waals surface area (Å²) in [5, 5.41) is 3.92. The van der Waals surface area contributed by atoms with Gasteiger partial charge in [-0.05, 0) is 110 Å². The maximum atomic E-state index is 5.96. The zero-order valence-corrected chi connectivity index (χ0v) is 17.8. The topological polar surface area (TPSA) is 30.5 Å². The van der Waals surface area contributed by atoms with Crippen molar-refractivity contribution >= 4 is 15.9 Å².